The molecule has 1 saturated heterocycles. The van der Waals surface area contributed by atoms with Gasteiger partial charge in [-0.1, -0.05) is 36.4 Å². The normalized spacial score (nSPS) is 30.9. The van der Waals surface area contributed by atoms with Crippen LogP contribution in [0.2, 0.25) is 0 Å². The van der Waals surface area contributed by atoms with Crippen LogP contribution in [-0.4, -0.2) is 72.1 Å². The lowest BCUT2D eigenvalue weighted by Gasteiger charge is -2.65. The van der Waals surface area contributed by atoms with Crippen LogP contribution in [0.25, 0.3) is 0 Å². The molecule has 0 amide bonds. The third kappa shape index (κ3) is 4.34. The molecule has 1 saturated carbocycles. The molecule has 0 aromatic heterocycles. The number of hydrogen-bond donors (Lipinski definition) is 2. The average Bonchev–Trinajstić information content (AvgIpc) is 3.25. The highest BCUT2D eigenvalue weighted by atomic mass is 16.6. The Morgan fingerprint density at radius 3 is 2.74 bits per heavy atom. The van der Waals surface area contributed by atoms with Crippen LogP contribution in [0.1, 0.15) is 63.1 Å². The number of phenols is 1. The topological polar surface area (TPSA) is 80.3 Å². The Hall–Kier alpha value is -2.61. The Labute approximate surface area is 231 Å². The van der Waals surface area contributed by atoms with Crippen LogP contribution < -0.4 is 10.1 Å². The highest BCUT2D eigenvalue weighted by Crippen LogP contribution is 2.66. The van der Waals surface area contributed by atoms with E-state index >= 15 is 0 Å². The molecular weight excluding hydrogens is 492 g/mol. The van der Waals surface area contributed by atoms with E-state index in [1.807, 2.05) is 20.8 Å². The van der Waals surface area contributed by atoms with Crippen LogP contribution in [0.15, 0.2) is 42.5 Å². The summed E-state index contributed by atoms with van der Waals surface area (Å²) >= 11 is 0. The number of nitrogens with zero attached hydrogens (tertiary/aromatic N) is 1. The second-order valence-electron chi connectivity index (χ2n) is 12.8. The van der Waals surface area contributed by atoms with Gasteiger partial charge in [0.1, 0.15) is 11.7 Å². The van der Waals surface area contributed by atoms with Gasteiger partial charge in [0, 0.05) is 24.3 Å². The molecule has 1 spiro atoms. The Bertz CT molecular complexity index is 1230. The van der Waals surface area contributed by atoms with Crippen molar-refractivity contribution in [2.75, 3.05) is 26.7 Å². The van der Waals surface area contributed by atoms with Crippen molar-refractivity contribution in [3.8, 4) is 11.5 Å². The maximum absolute atomic E-state index is 12.6. The maximum Gasteiger partial charge on any atom is 0.320 e. The van der Waals surface area contributed by atoms with Gasteiger partial charge in [-0.05, 0) is 90.1 Å². The van der Waals surface area contributed by atoms with Gasteiger partial charge < -0.3 is 29.5 Å². The summed E-state index contributed by atoms with van der Waals surface area (Å²) in [7, 11) is 2.22. The fourth-order valence-corrected chi connectivity index (χ4v) is 7.99. The summed E-state index contributed by atoms with van der Waals surface area (Å²) in [5, 5.41) is 14.4. The fraction of sp³-hybridized carbons (Fsp3) is 0.594. The van der Waals surface area contributed by atoms with E-state index in [4.69, 9.17) is 14.2 Å². The minimum Gasteiger partial charge on any atom is -0.504 e. The molecule has 2 aliphatic carbocycles. The first-order valence-corrected chi connectivity index (χ1v) is 14.5. The lowest BCUT2D eigenvalue weighted by Crippen LogP contribution is -2.78. The molecule has 2 aliphatic heterocycles. The minimum absolute atomic E-state index is 0.0552. The first-order valence-electron chi connectivity index (χ1n) is 14.5. The highest BCUT2D eigenvalue weighted by Gasteiger charge is 2.73. The molecule has 2 N–H and O–H groups in total. The van der Waals surface area contributed by atoms with Crippen molar-refractivity contribution in [2.45, 2.75) is 94.1 Å². The summed E-state index contributed by atoms with van der Waals surface area (Å²) in [6.45, 7) is 7.39. The summed E-state index contributed by atoms with van der Waals surface area (Å²) in [6, 6.07) is 14.6. The van der Waals surface area contributed by atoms with E-state index < -0.39 is 11.2 Å². The van der Waals surface area contributed by atoms with Crippen LogP contribution in [0.5, 0.6) is 11.5 Å². The molecule has 2 aromatic rings. The zero-order valence-electron chi connectivity index (χ0n) is 23.7. The number of phenolic OH excluding ortho intramolecular Hbond substituents is 1. The number of carbonyl (C=O) groups excluding carboxylic acids is 1. The predicted octanol–water partition coefficient (Wildman–Crippen LogP) is 4.13. The van der Waals surface area contributed by atoms with Gasteiger partial charge in [0.25, 0.3) is 0 Å². The fourth-order valence-electron chi connectivity index (χ4n) is 7.99. The van der Waals surface area contributed by atoms with Crippen LogP contribution in [0.4, 0.5) is 0 Å². The Balaban J connectivity index is 1.32. The van der Waals surface area contributed by atoms with Crippen LogP contribution in [0, 0.1) is 0 Å². The number of likely N-dealkylation sites (tertiary alicyclic amines) is 1. The van der Waals surface area contributed by atoms with E-state index in [-0.39, 0.29) is 41.9 Å². The summed E-state index contributed by atoms with van der Waals surface area (Å²) in [5.74, 6) is 0.542. The first kappa shape index (κ1) is 26.6. The van der Waals surface area contributed by atoms with Crippen molar-refractivity contribution in [2.24, 2.45) is 0 Å². The van der Waals surface area contributed by atoms with Crippen molar-refractivity contribution >= 4 is 5.97 Å². The highest BCUT2D eigenvalue weighted by molar-refractivity contribution is 5.72. The number of nitrogens with one attached hydrogen (secondary N) is 1. The average molecular weight is 535 g/mol. The Morgan fingerprint density at radius 1 is 1.18 bits per heavy atom. The molecule has 2 fully saturated rings. The number of ether oxygens (including phenoxy) is 3. The minimum atomic E-state index is -0.530. The first-order chi connectivity index (χ1) is 18.6. The lowest BCUT2D eigenvalue weighted by molar-refractivity contribution is -0.217. The molecule has 2 aromatic carbocycles. The molecule has 5 atom stereocenters. The van der Waals surface area contributed by atoms with Crippen molar-refractivity contribution in [3.63, 3.8) is 0 Å². The quantitative estimate of drug-likeness (QED) is 0.389. The number of likely N-dealkylation sites (N-methyl/N-ethyl adjacent to an activating group) is 1. The molecule has 0 radical (unpaired) electrons. The van der Waals surface area contributed by atoms with Crippen molar-refractivity contribution in [1.82, 2.24) is 10.2 Å². The van der Waals surface area contributed by atoms with Crippen molar-refractivity contribution in [1.29, 1.82) is 0 Å². The number of esters is 1. The zero-order valence-corrected chi connectivity index (χ0v) is 23.7. The number of aromatic hydroxyl groups is 1. The predicted molar refractivity (Wildman–Crippen MR) is 149 cm³/mol. The monoisotopic (exact) mass is 534 g/mol. The molecule has 4 aliphatic rings. The van der Waals surface area contributed by atoms with E-state index in [1.54, 1.807) is 6.07 Å². The number of aryl methyl sites for hydroxylation is 1. The van der Waals surface area contributed by atoms with Crippen LogP contribution >= 0.6 is 0 Å². The number of piperidine rings is 1. The number of benzene rings is 2. The lowest BCUT2D eigenvalue weighted by atomic mass is 9.48. The molecule has 0 unspecified atom stereocenters. The second kappa shape index (κ2) is 9.79. The van der Waals surface area contributed by atoms with Gasteiger partial charge in [-0.2, -0.15) is 0 Å². The molecule has 39 heavy (non-hydrogen) atoms. The van der Waals surface area contributed by atoms with Crippen LogP contribution in [0.3, 0.4) is 0 Å². The molecule has 7 nitrogen and oxygen atoms in total. The van der Waals surface area contributed by atoms with E-state index in [0.29, 0.717) is 12.4 Å². The molecule has 6 rings (SSSR count). The zero-order chi connectivity index (χ0) is 27.4. The molecule has 2 heterocycles. The Morgan fingerprint density at radius 2 is 1.97 bits per heavy atom. The SMILES string of the molecule is CN1CC[C@]23c4c5ccc(O)c4O[C@H]2[C@H](NCC(=O)OC(C)(C)C)CC[C@@]3(OCCCc2ccccc2)[C@H]1C5. The molecule has 2 bridgehead atoms. The molecule has 7 heteroatoms. The summed E-state index contributed by atoms with van der Waals surface area (Å²) in [5.41, 5.74) is 2.38. The summed E-state index contributed by atoms with van der Waals surface area (Å²) < 4.78 is 19.4. The molecule has 210 valence electrons. The van der Waals surface area contributed by atoms with E-state index in [9.17, 15) is 9.90 Å². The van der Waals surface area contributed by atoms with Gasteiger partial charge >= 0.3 is 5.97 Å². The van der Waals surface area contributed by atoms with Gasteiger partial charge in [0.05, 0.1) is 17.6 Å². The summed E-state index contributed by atoms with van der Waals surface area (Å²) in [6.07, 6.45) is 5.15. The van der Waals surface area contributed by atoms with Gasteiger partial charge in [0.15, 0.2) is 11.5 Å². The van der Waals surface area contributed by atoms with Gasteiger partial charge in [-0.25, -0.2) is 0 Å². The standard InChI is InChI=1S/C32H42N2O5/c1-30(2,3)39-26(36)20-33-23-14-15-32(37-18-8-11-21-9-6-5-7-10-21)25-19-22-12-13-24(35)28-27(22)31(32,29(23)38-28)16-17-34(25)4/h5-7,9-10,12-13,23,25,29,33,35H,8,11,14-20H2,1-4H3/t23-,25-,29+,31+,32-/m1/s1. The van der Waals surface area contributed by atoms with Gasteiger partial charge in [-0.15, -0.1) is 0 Å². The van der Waals surface area contributed by atoms with E-state index in [2.05, 4.69) is 53.7 Å². The number of carbonyl (C=O) groups is 1. The van der Waals surface area contributed by atoms with Crippen molar-refractivity contribution in [3.05, 3.63) is 59.2 Å². The van der Waals surface area contributed by atoms with E-state index in [1.165, 1.54) is 11.1 Å². The third-order valence-corrected chi connectivity index (χ3v) is 9.43. The number of rotatable bonds is 8. The van der Waals surface area contributed by atoms with Crippen molar-refractivity contribution < 1.29 is 24.1 Å². The molecular formula is C32H42N2O5. The maximum atomic E-state index is 12.6. The van der Waals surface area contributed by atoms with Gasteiger partial charge in [-0.3, -0.25) is 4.79 Å². The largest absolute Gasteiger partial charge is 0.504 e. The van der Waals surface area contributed by atoms with Crippen LogP contribution in [-0.2, 0) is 32.5 Å². The van der Waals surface area contributed by atoms with E-state index in [0.717, 1.165) is 50.6 Å². The van der Waals surface area contributed by atoms with Gasteiger partial charge in [0.2, 0.25) is 0 Å². The smallest absolute Gasteiger partial charge is 0.320 e. The number of hydrogen-bond acceptors (Lipinski definition) is 7. The summed E-state index contributed by atoms with van der Waals surface area (Å²) in [4.78, 5) is 15.1. The second-order valence-corrected chi connectivity index (χ2v) is 12.8. The third-order valence-electron chi connectivity index (χ3n) is 9.43. The Kier molecular flexibility index (Phi) is 6.68.